The molecule has 0 atom stereocenters. The first kappa shape index (κ1) is 40.2. The zero-order chi connectivity index (χ0) is 82.1. The smallest absolute Gasteiger partial charge is 0.0787 e. The number of hydrogen-bond donors (Lipinski definition) is 0. The van der Waals surface area contributed by atoms with E-state index in [9.17, 15) is 0 Å². The lowest BCUT2D eigenvalue weighted by Gasteiger charge is -2.08. The number of fused-ring (bicyclic) bond motifs is 30. The van der Waals surface area contributed by atoms with Gasteiger partial charge in [0.05, 0.1) is 23.4 Å². The summed E-state index contributed by atoms with van der Waals surface area (Å²) in [6, 6.07) is 70.2. The molecule has 20 rings (SSSR count). The van der Waals surface area contributed by atoms with E-state index in [-0.39, 0.29) is 0 Å². The minimum atomic E-state index is 0.515. The second kappa shape index (κ2) is 23.2. The van der Waals surface area contributed by atoms with E-state index < -0.39 is 0 Å². The molecule has 0 amide bonds. The highest BCUT2D eigenvalue weighted by Crippen LogP contribution is 2.38. The summed E-state index contributed by atoms with van der Waals surface area (Å²) in [4.78, 5) is 34.7. The zero-order valence-corrected chi connectivity index (χ0v) is 48.2. The fourth-order valence-electron chi connectivity index (χ4n) is 13.0. The van der Waals surface area contributed by atoms with E-state index in [1.54, 1.807) is 24.8 Å². The molecule has 12 aromatic carbocycles. The van der Waals surface area contributed by atoms with Gasteiger partial charge in [0.15, 0.2) is 0 Å². The molecule has 0 aliphatic rings. The van der Waals surface area contributed by atoms with Crippen molar-refractivity contribution in [3.63, 3.8) is 0 Å². The molecule has 90 heavy (non-hydrogen) atoms. The van der Waals surface area contributed by atoms with Gasteiger partial charge in [-0.05, 0) is 135 Å². The van der Waals surface area contributed by atoms with Gasteiger partial charge in [0, 0.05) is 167 Å². The standard InChI is InChI=1S/2C17H11N.3C16H10N2.9H2/c2*1-2-7-14-12(6-1)13-8-3-4-9-15(13)17-16(14)10-5-11-18-17;1-2-5-12-11(4-1)13-6-3-8-18-16(13)14-7-9-17-10-15(12)14;1-2-4-12-11(3-1)13-5-7-17-10-16(13)14-6-8-18-9-15(12)14;1-2-4-12-11(3-1)13-5-7-17-9-15(13)16-10-18-8-6-14(12)16;;;;;;;;;/h2*1-11H;3*1-10H;9*1H/i4*2D;1D;9*1+1D. The Morgan fingerprint density at radius 3 is 0.678 bits per heavy atom. The molecule has 0 N–H and O–H groups in total. The maximum Gasteiger partial charge on any atom is 0.0787 e. The van der Waals surface area contributed by atoms with Crippen LogP contribution in [0.3, 0.4) is 0 Å². The van der Waals surface area contributed by atoms with Gasteiger partial charge in [-0.1, -0.05) is 188 Å². The summed E-state index contributed by atoms with van der Waals surface area (Å²) in [5.74, 6) is 0. The van der Waals surface area contributed by atoms with Crippen LogP contribution in [0.4, 0.5) is 0 Å². The molecular weight excluding hydrogens is 1100 g/mol. The van der Waals surface area contributed by atoms with Crippen LogP contribution in [0, 0.1) is 0 Å². The van der Waals surface area contributed by atoms with E-state index in [1.807, 2.05) is 220 Å². The predicted molar refractivity (Wildman–Crippen MR) is 396 cm³/mol. The number of pyridine rings is 8. The van der Waals surface area contributed by atoms with Crippen molar-refractivity contribution in [2.45, 2.75) is 0 Å². The van der Waals surface area contributed by atoms with Crippen LogP contribution in [-0.4, -0.2) is 39.9 Å². The van der Waals surface area contributed by atoms with E-state index in [2.05, 4.69) is 82.3 Å². The van der Waals surface area contributed by atoms with Gasteiger partial charge in [-0.15, -0.1) is 0 Å². The molecule has 0 spiro atoms. The van der Waals surface area contributed by atoms with Gasteiger partial charge in [0.2, 0.25) is 0 Å². The highest BCUT2D eigenvalue weighted by atomic mass is 14.7. The molecule has 438 valence electrons. The Kier molecular flexibility index (Phi) is 10.4. The molecule has 8 heterocycles. The lowest BCUT2D eigenvalue weighted by Crippen LogP contribution is -1.85. The van der Waals surface area contributed by atoms with Crippen molar-refractivity contribution in [3.05, 3.63) is 317 Å². The molecule has 20 aromatic rings. The van der Waals surface area contributed by atoms with Crippen molar-refractivity contribution in [1.82, 2.24) is 39.9 Å². The number of aromatic nitrogens is 8. The van der Waals surface area contributed by atoms with Crippen molar-refractivity contribution in [2.75, 3.05) is 0 Å². The van der Waals surface area contributed by atoms with E-state index >= 15 is 0 Å². The summed E-state index contributed by atoms with van der Waals surface area (Å²) >= 11 is 0. The topological polar surface area (TPSA) is 103 Å². The van der Waals surface area contributed by atoms with Crippen LogP contribution in [0.2, 0.25) is 0 Å². The van der Waals surface area contributed by atoms with Gasteiger partial charge < -0.3 is 0 Å². The van der Waals surface area contributed by atoms with Crippen molar-refractivity contribution in [2.24, 2.45) is 0 Å². The Hall–Kier alpha value is -12.3. The fraction of sp³-hybridized carbons (Fsp3) is 0. The Balaban J connectivity index is 0.000000186. The molecule has 0 fully saturated rings. The Labute approximate surface area is 550 Å². The van der Waals surface area contributed by atoms with E-state index in [1.165, 1.54) is 37.7 Å². The van der Waals surface area contributed by atoms with Gasteiger partial charge in [-0.2, -0.15) is 0 Å². The maximum absolute atomic E-state index is 7.84. The fourth-order valence-corrected chi connectivity index (χ4v) is 13.0. The number of rotatable bonds is 0. The van der Waals surface area contributed by atoms with Gasteiger partial charge >= 0.3 is 0 Å². The first-order chi connectivity index (χ1) is 55.7. The number of nitrogens with zero attached hydrogens (tertiary/aromatic N) is 8. The summed E-state index contributed by atoms with van der Waals surface area (Å²) in [6.45, 7) is 0. The lowest BCUT2D eigenvalue weighted by molar-refractivity contribution is 1.35. The minimum absolute atomic E-state index is 0.515. The van der Waals surface area contributed by atoms with Gasteiger partial charge in [0.1, 0.15) is 0 Å². The van der Waals surface area contributed by atoms with E-state index in [4.69, 9.17) is 33.6 Å². The molecule has 0 unspecified atom stereocenters. The number of hydrogen-bond acceptors (Lipinski definition) is 8. The van der Waals surface area contributed by atoms with Crippen LogP contribution in [0.1, 0.15) is 33.6 Å². The second-order valence-electron chi connectivity index (χ2n) is 21.8. The Morgan fingerprint density at radius 1 is 0.178 bits per heavy atom. The SMILES string of the molecule is [2H][2H].[2H][2H].[2H][2H].[2H][2H].[2H][2H].[2H][2H].[2H][2H].[2H][2H].[2H][2H].[2H]c1ccc2c(c1)c1cnccc1c1ncccc21.[2H]c1ccc2c3ccccc3c3ncccc3c2c1.[2H]c1ccc2c3ccccc3c3ncccc3c2c1.[2H]c1ccc2c3ccncc3c3ccncc3c2c1.[2H]c1ccc2c3ccncc3c3cnccc3c2c1. The van der Waals surface area contributed by atoms with Crippen LogP contribution in [0.5, 0.6) is 0 Å². The Morgan fingerprint density at radius 2 is 0.356 bits per heavy atom. The van der Waals surface area contributed by atoms with Crippen LogP contribution in [0.15, 0.2) is 317 Å². The van der Waals surface area contributed by atoms with Crippen LogP contribution in [-0.2, 0) is 0 Å². The summed E-state index contributed by atoms with van der Waals surface area (Å²) < 4.78 is 129. The summed E-state index contributed by atoms with van der Waals surface area (Å²) in [7, 11) is 0. The summed E-state index contributed by atoms with van der Waals surface area (Å²) in [6.07, 6.45) is 23.8. The maximum atomic E-state index is 7.84. The zero-order valence-electron chi connectivity index (χ0n) is 71.2. The van der Waals surface area contributed by atoms with Crippen LogP contribution in [0.25, 0.3) is 162 Å². The average Bonchev–Trinajstić information content (AvgIpc) is 0.779. The molecule has 0 aliphatic heterocycles. The van der Waals surface area contributed by atoms with E-state index in [0.717, 1.165) is 124 Å². The quantitative estimate of drug-likeness (QED) is 0.138. The van der Waals surface area contributed by atoms with Crippen molar-refractivity contribution >= 4 is 162 Å². The largest absolute Gasteiger partial charge is 0.264 e. The molecule has 0 radical (unpaired) electrons. The third kappa shape index (κ3) is 9.35. The molecule has 8 heteroatoms. The summed E-state index contributed by atoms with van der Waals surface area (Å²) in [5, 5.41) is 30.5. The third-order valence-electron chi connectivity index (χ3n) is 17.0. The number of benzene rings is 12. The van der Waals surface area contributed by atoms with Crippen LogP contribution < -0.4 is 0 Å². The van der Waals surface area contributed by atoms with E-state index in [0.29, 0.717) is 30.2 Å². The highest BCUT2D eigenvalue weighted by molar-refractivity contribution is 6.28. The molecule has 0 aliphatic carbocycles. The lowest BCUT2D eigenvalue weighted by atomic mass is 9.97. The van der Waals surface area contributed by atoms with Crippen molar-refractivity contribution in [1.29, 1.82) is 0 Å². The van der Waals surface area contributed by atoms with Gasteiger partial charge in [-0.25, -0.2) is 0 Å². The first-order valence-corrected chi connectivity index (χ1v) is 29.5. The van der Waals surface area contributed by atoms with Crippen LogP contribution >= 0.6 is 0 Å². The second-order valence-corrected chi connectivity index (χ2v) is 21.8. The van der Waals surface area contributed by atoms with Gasteiger partial charge in [-0.3, -0.25) is 39.9 Å². The molecule has 8 aromatic heterocycles. The Bertz CT molecular complexity index is 5440. The normalized spacial score (nSPS) is 12.9. The summed E-state index contributed by atoms with van der Waals surface area (Å²) in [5.41, 5.74) is 3.01. The predicted octanol–water partition coefficient (Wildman–Crippen LogP) is 23.1. The minimum Gasteiger partial charge on any atom is -0.264 e. The van der Waals surface area contributed by atoms with Crippen molar-refractivity contribution in [3.8, 4) is 0 Å². The molecule has 8 nitrogen and oxygen atoms in total. The first-order valence-electron chi connectivity index (χ1n) is 41.0. The molecule has 0 bridgehead atoms. The van der Waals surface area contributed by atoms with Crippen molar-refractivity contribution < 1.29 is 33.6 Å². The molecule has 0 saturated heterocycles. The average molecular weight is 1190 g/mol. The molecule has 0 saturated carbocycles. The van der Waals surface area contributed by atoms with Gasteiger partial charge in [0.25, 0.3) is 0 Å². The third-order valence-corrected chi connectivity index (χ3v) is 17.0. The molecular formula is C82H70N8. The monoisotopic (exact) mass is 1190 g/mol. The highest BCUT2D eigenvalue weighted by Gasteiger charge is 2.13.